The van der Waals surface area contributed by atoms with Crippen LogP contribution in [0.15, 0.2) is 65.0 Å². The Morgan fingerprint density at radius 1 is 1.13 bits per heavy atom. The first-order valence-electron chi connectivity index (χ1n) is 8.97. The Morgan fingerprint density at radius 2 is 1.87 bits per heavy atom. The predicted molar refractivity (Wildman–Crippen MR) is 116 cm³/mol. The second kappa shape index (κ2) is 9.16. The molecule has 0 aliphatic carbocycles. The maximum atomic E-state index is 13.0. The number of nitrogen functional groups attached to an aromatic ring is 1. The highest BCUT2D eigenvalue weighted by atomic mass is 32.2. The zero-order chi connectivity index (χ0) is 21.7. The van der Waals surface area contributed by atoms with E-state index in [-0.39, 0.29) is 17.2 Å². The van der Waals surface area contributed by atoms with E-state index in [4.69, 9.17) is 16.9 Å². The number of carbonyl (C=O) groups excluding carboxylic acids is 1. The Kier molecular flexibility index (Phi) is 6.60. The maximum Gasteiger partial charge on any atom is 0.241 e. The average Bonchev–Trinajstić information content (AvgIpc) is 3.22. The van der Waals surface area contributed by atoms with Crippen LogP contribution in [0.5, 0.6) is 0 Å². The summed E-state index contributed by atoms with van der Waals surface area (Å²) >= 11 is 1.34. The van der Waals surface area contributed by atoms with Crippen molar-refractivity contribution in [3.8, 4) is 0 Å². The van der Waals surface area contributed by atoms with Gasteiger partial charge in [-0.25, -0.2) is 18.1 Å². The molecule has 1 heterocycles. The largest absolute Gasteiger partial charge is 0.384 e. The zero-order valence-electron chi connectivity index (χ0n) is 15.9. The molecule has 0 spiro atoms. The van der Waals surface area contributed by atoms with E-state index in [1.54, 1.807) is 41.9 Å². The van der Waals surface area contributed by atoms with Gasteiger partial charge < -0.3 is 11.5 Å². The van der Waals surface area contributed by atoms with Crippen molar-refractivity contribution in [2.24, 2.45) is 11.5 Å². The van der Waals surface area contributed by atoms with Gasteiger partial charge in [0.05, 0.1) is 17.4 Å². The van der Waals surface area contributed by atoms with Gasteiger partial charge in [-0.2, -0.15) is 0 Å². The Balaban J connectivity index is 1.89. The molecule has 0 bridgehead atoms. The van der Waals surface area contributed by atoms with Crippen LogP contribution in [0.4, 0.5) is 0 Å². The predicted octanol–water partition coefficient (Wildman–Crippen LogP) is 1.72. The minimum atomic E-state index is -3.89. The van der Waals surface area contributed by atoms with Crippen LogP contribution >= 0.6 is 11.3 Å². The monoisotopic (exact) mass is 443 g/mol. The van der Waals surface area contributed by atoms with Crippen LogP contribution in [-0.2, 0) is 27.7 Å². The van der Waals surface area contributed by atoms with Crippen molar-refractivity contribution >= 4 is 33.1 Å². The number of rotatable bonds is 9. The second-order valence-corrected chi connectivity index (χ2v) is 9.29. The lowest BCUT2D eigenvalue weighted by Gasteiger charge is -2.18. The summed E-state index contributed by atoms with van der Waals surface area (Å²) in [6.07, 6.45) is 1.90. The molecule has 0 aliphatic heterocycles. The molecule has 1 amide bonds. The quantitative estimate of drug-likeness (QED) is 0.293. The highest BCUT2D eigenvalue weighted by molar-refractivity contribution is 7.89. The van der Waals surface area contributed by atoms with Gasteiger partial charge in [0.2, 0.25) is 15.9 Å². The fourth-order valence-electron chi connectivity index (χ4n) is 2.97. The van der Waals surface area contributed by atoms with E-state index in [0.29, 0.717) is 22.6 Å². The van der Waals surface area contributed by atoms with E-state index in [1.807, 2.05) is 6.07 Å². The number of nitrogens with one attached hydrogen (secondary N) is 2. The molecule has 0 saturated carbocycles. The fourth-order valence-corrected chi connectivity index (χ4v) is 5.00. The molecule has 1 unspecified atom stereocenters. The minimum Gasteiger partial charge on any atom is -0.384 e. The molecular weight excluding hydrogens is 422 g/mol. The molecule has 0 radical (unpaired) electrons. The van der Waals surface area contributed by atoms with Crippen LogP contribution in [0.3, 0.4) is 0 Å². The van der Waals surface area contributed by atoms with E-state index in [0.717, 1.165) is 5.56 Å². The molecule has 156 valence electrons. The topological polar surface area (TPSA) is 152 Å². The fraction of sp³-hybridized carbons (Fsp3) is 0.150. The summed E-state index contributed by atoms with van der Waals surface area (Å²) in [6.45, 7) is 0. The van der Waals surface area contributed by atoms with E-state index < -0.39 is 22.0 Å². The molecule has 1 atom stereocenters. The van der Waals surface area contributed by atoms with E-state index in [9.17, 15) is 13.2 Å². The van der Waals surface area contributed by atoms with Crippen LogP contribution in [0, 0.1) is 5.41 Å². The smallest absolute Gasteiger partial charge is 0.241 e. The average molecular weight is 444 g/mol. The molecule has 3 rings (SSSR count). The molecule has 0 saturated heterocycles. The lowest BCUT2D eigenvalue weighted by molar-refractivity contribution is -0.117. The maximum absolute atomic E-state index is 13.0. The molecular formula is C20H21N5O3S2. The van der Waals surface area contributed by atoms with Gasteiger partial charge in [0.15, 0.2) is 0 Å². The van der Waals surface area contributed by atoms with Crippen molar-refractivity contribution in [3.05, 3.63) is 81.8 Å². The number of sulfonamides is 1. The Morgan fingerprint density at radius 3 is 2.53 bits per heavy atom. The van der Waals surface area contributed by atoms with Crippen LogP contribution in [-0.4, -0.2) is 25.1 Å². The Labute approximate surface area is 178 Å². The number of benzene rings is 2. The number of aromatic nitrogens is 1. The van der Waals surface area contributed by atoms with Crippen LogP contribution in [0.2, 0.25) is 0 Å². The molecule has 1 aromatic heterocycles. The van der Waals surface area contributed by atoms with Gasteiger partial charge in [-0.1, -0.05) is 30.3 Å². The molecule has 10 heteroatoms. The first-order valence-corrected chi connectivity index (χ1v) is 11.3. The van der Waals surface area contributed by atoms with Crippen molar-refractivity contribution in [1.29, 1.82) is 5.41 Å². The van der Waals surface area contributed by atoms with Crippen molar-refractivity contribution in [1.82, 2.24) is 9.71 Å². The number of hydrogen-bond acceptors (Lipinski definition) is 6. The Hall–Kier alpha value is -3.08. The molecule has 8 nitrogen and oxygen atoms in total. The molecule has 30 heavy (non-hydrogen) atoms. The summed E-state index contributed by atoms with van der Waals surface area (Å²) in [5.74, 6) is -0.599. The summed E-state index contributed by atoms with van der Waals surface area (Å²) in [5, 5.41) is 9.99. The van der Waals surface area contributed by atoms with Crippen molar-refractivity contribution in [3.63, 3.8) is 0 Å². The van der Waals surface area contributed by atoms with Gasteiger partial charge in [0.1, 0.15) is 10.8 Å². The van der Waals surface area contributed by atoms with Crippen LogP contribution in [0.1, 0.15) is 27.7 Å². The highest BCUT2D eigenvalue weighted by Crippen LogP contribution is 2.24. The summed E-state index contributed by atoms with van der Waals surface area (Å²) in [5.41, 5.74) is 12.7. The summed E-state index contributed by atoms with van der Waals surface area (Å²) in [6, 6.07) is 12.6. The summed E-state index contributed by atoms with van der Waals surface area (Å²) < 4.78 is 28.8. The number of amides is 1. The molecule has 2 aromatic carbocycles. The van der Waals surface area contributed by atoms with E-state index in [1.165, 1.54) is 23.5 Å². The highest BCUT2D eigenvalue weighted by Gasteiger charge is 2.24. The number of primary amides is 1. The van der Waals surface area contributed by atoms with Gasteiger partial charge in [0, 0.05) is 17.1 Å². The molecule has 0 fully saturated rings. The zero-order valence-corrected chi connectivity index (χ0v) is 17.5. The second-order valence-electron chi connectivity index (χ2n) is 6.65. The Bertz CT molecular complexity index is 1160. The van der Waals surface area contributed by atoms with Gasteiger partial charge in [0.25, 0.3) is 0 Å². The first kappa shape index (κ1) is 21.6. The number of hydrogen-bond donors (Lipinski definition) is 4. The number of thiazole rings is 1. The number of nitrogens with two attached hydrogens (primary N) is 2. The number of carbonyl (C=O) groups is 1. The summed E-state index contributed by atoms with van der Waals surface area (Å²) in [7, 11) is -3.89. The van der Waals surface area contributed by atoms with E-state index >= 15 is 0 Å². The molecule has 6 N–H and O–H groups in total. The lowest BCUT2D eigenvalue weighted by Crippen LogP contribution is -2.30. The summed E-state index contributed by atoms with van der Waals surface area (Å²) in [4.78, 5) is 15.5. The van der Waals surface area contributed by atoms with Gasteiger partial charge in [-0.05, 0) is 35.7 Å². The normalized spacial score (nSPS) is 12.4. The first-order chi connectivity index (χ1) is 14.2. The molecule has 3 aromatic rings. The number of nitrogens with zero attached hydrogens (tertiary/aromatic N) is 1. The third-order valence-corrected chi connectivity index (χ3v) is 6.67. The third-order valence-electron chi connectivity index (χ3n) is 4.31. The molecule has 0 aliphatic rings. The number of amidine groups is 1. The lowest BCUT2D eigenvalue weighted by atomic mass is 10.0. The van der Waals surface area contributed by atoms with Gasteiger partial charge in [-0.3, -0.25) is 10.2 Å². The van der Waals surface area contributed by atoms with Crippen molar-refractivity contribution in [2.75, 3.05) is 0 Å². The van der Waals surface area contributed by atoms with Gasteiger partial charge in [-0.15, -0.1) is 11.3 Å². The van der Waals surface area contributed by atoms with Crippen molar-refractivity contribution < 1.29 is 13.2 Å². The van der Waals surface area contributed by atoms with Crippen molar-refractivity contribution in [2.45, 2.75) is 23.8 Å². The van der Waals surface area contributed by atoms with Crippen LogP contribution in [0.25, 0.3) is 0 Å². The minimum absolute atomic E-state index is 0.0419. The SMILES string of the molecule is N=C(N)c1cccc(CC(NS(=O)(=O)c2cccc(CC(N)=O)c2)c2nccs2)c1. The van der Waals surface area contributed by atoms with Gasteiger partial charge >= 0.3 is 0 Å². The third kappa shape index (κ3) is 5.50. The van der Waals surface area contributed by atoms with Crippen LogP contribution < -0.4 is 16.2 Å². The standard InChI is InChI=1S/C20H21N5O3S2/c21-18(26)12-14-4-2-6-16(10-14)30(27,28)25-17(20-24-7-8-29-20)11-13-3-1-5-15(9-13)19(22)23/h1-10,17,25H,11-12H2,(H2,21,26)(H3,22,23). The van der Waals surface area contributed by atoms with E-state index in [2.05, 4.69) is 9.71 Å².